The van der Waals surface area contributed by atoms with Crippen LogP contribution in [0.3, 0.4) is 0 Å². The minimum Gasteiger partial charge on any atom is -0.340 e. The highest BCUT2D eigenvalue weighted by atomic mass is 35.5. The molecule has 7 nitrogen and oxygen atoms in total. The van der Waals surface area contributed by atoms with Crippen molar-refractivity contribution in [2.45, 2.75) is 13.1 Å². The molecule has 0 aliphatic rings. The summed E-state index contributed by atoms with van der Waals surface area (Å²) in [6.07, 6.45) is 4.98. The molecule has 2 aromatic heterocycles. The summed E-state index contributed by atoms with van der Waals surface area (Å²) in [5.41, 5.74) is 2.07. The molecule has 0 saturated heterocycles. The molecule has 0 radical (unpaired) electrons. The zero-order valence-corrected chi connectivity index (χ0v) is 16.5. The van der Waals surface area contributed by atoms with E-state index in [9.17, 15) is 9.59 Å². The fourth-order valence-corrected chi connectivity index (χ4v) is 3.20. The number of para-hydroxylation sites is 1. The quantitative estimate of drug-likeness (QED) is 0.510. The van der Waals surface area contributed by atoms with Gasteiger partial charge in [0.2, 0.25) is 5.91 Å². The van der Waals surface area contributed by atoms with Gasteiger partial charge in [0.15, 0.2) is 0 Å². The van der Waals surface area contributed by atoms with E-state index in [1.807, 2.05) is 36.5 Å². The van der Waals surface area contributed by atoms with E-state index < -0.39 is 0 Å². The van der Waals surface area contributed by atoms with Gasteiger partial charge in [0, 0.05) is 30.4 Å². The van der Waals surface area contributed by atoms with Gasteiger partial charge in [-0.2, -0.15) is 5.10 Å². The van der Waals surface area contributed by atoms with Gasteiger partial charge in [-0.3, -0.25) is 14.2 Å². The van der Waals surface area contributed by atoms with Crippen molar-refractivity contribution in [2.75, 3.05) is 7.05 Å². The van der Waals surface area contributed by atoms with E-state index in [1.54, 1.807) is 41.0 Å². The number of nitrogens with zero attached hydrogens (tertiary/aromatic N) is 5. The van der Waals surface area contributed by atoms with E-state index in [0.717, 1.165) is 11.3 Å². The van der Waals surface area contributed by atoms with Crippen LogP contribution < -0.4 is 5.56 Å². The van der Waals surface area contributed by atoms with Crippen LogP contribution in [0.1, 0.15) is 5.56 Å². The van der Waals surface area contributed by atoms with Gasteiger partial charge in [0.25, 0.3) is 5.56 Å². The third-order valence-electron chi connectivity index (χ3n) is 4.60. The van der Waals surface area contributed by atoms with E-state index in [1.165, 1.54) is 10.9 Å². The number of hydrogen-bond acceptors (Lipinski definition) is 4. The lowest BCUT2D eigenvalue weighted by Crippen LogP contribution is -2.33. The maximum atomic E-state index is 12.6. The summed E-state index contributed by atoms with van der Waals surface area (Å²) in [6, 6.07) is 14.6. The van der Waals surface area contributed by atoms with Gasteiger partial charge in [-0.15, -0.1) is 0 Å². The van der Waals surface area contributed by atoms with Gasteiger partial charge >= 0.3 is 0 Å². The molecule has 0 spiro atoms. The molecular formula is C21H18ClN5O2. The van der Waals surface area contributed by atoms with Gasteiger partial charge in [0.05, 0.1) is 29.1 Å². The average Bonchev–Trinajstić information content (AvgIpc) is 3.19. The third-order valence-corrected chi connectivity index (χ3v) is 4.83. The molecule has 0 aliphatic heterocycles. The van der Waals surface area contributed by atoms with E-state index >= 15 is 0 Å². The van der Waals surface area contributed by atoms with Crippen LogP contribution in [0, 0.1) is 0 Å². The highest BCUT2D eigenvalue weighted by Crippen LogP contribution is 2.14. The molecule has 4 rings (SSSR count). The Balaban J connectivity index is 1.47. The van der Waals surface area contributed by atoms with Gasteiger partial charge in [-0.05, 0) is 30.3 Å². The minimum atomic E-state index is -0.273. The Morgan fingerprint density at radius 2 is 1.97 bits per heavy atom. The molecule has 0 atom stereocenters. The lowest BCUT2D eigenvalue weighted by molar-refractivity contribution is -0.131. The molecule has 0 saturated carbocycles. The summed E-state index contributed by atoms with van der Waals surface area (Å²) in [4.78, 5) is 31.0. The zero-order valence-electron chi connectivity index (χ0n) is 15.7. The van der Waals surface area contributed by atoms with Crippen molar-refractivity contribution in [3.63, 3.8) is 0 Å². The molecule has 0 unspecified atom stereocenters. The van der Waals surface area contributed by atoms with Gasteiger partial charge in [-0.1, -0.05) is 29.8 Å². The zero-order chi connectivity index (χ0) is 20.4. The standard InChI is InChI=1S/C21H18ClN5O2/c1-25(11-15-10-24-27(12-15)17-5-3-2-4-6-17)20(28)13-26-14-23-19-9-16(22)7-8-18(19)21(26)29/h2-10,12,14H,11,13H2,1H3. The van der Waals surface area contributed by atoms with E-state index in [-0.39, 0.29) is 18.0 Å². The SMILES string of the molecule is CN(Cc1cnn(-c2ccccc2)c1)C(=O)Cn1cnc2cc(Cl)ccc2c1=O. The summed E-state index contributed by atoms with van der Waals surface area (Å²) < 4.78 is 3.07. The van der Waals surface area contributed by atoms with Crippen LogP contribution in [0.15, 0.2) is 72.0 Å². The number of fused-ring (bicyclic) bond motifs is 1. The van der Waals surface area contributed by atoms with Crippen molar-refractivity contribution in [1.29, 1.82) is 0 Å². The maximum absolute atomic E-state index is 12.6. The summed E-state index contributed by atoms with van der Waals surface area (Å²) in [5, 5.41) is 5.28. The molecule has 0 N–H and O–H groups in total. The monoisotopic (exact) mass is 407 g/mol. The highest BCUT2D eigenvalue weighted by molar-refractivity contribution is 6.31. The molecule has 2 aromatic carbocycles. The van der Waals surface area contributed by atoms with Crippen LogP contribution in [-0.4, -0.2) is 37.2 Å². The van der Waals surface area contributed by atoms with Crippen LogP contribution in [-0.2, 0) is 17.9 Å². The summed E-state index contributed by atoms with van der Waals surface area (Å²) in [6.45, 7) is 0.296. The molecule has 1 amide bonds. The Kier molecular flexibility index (Phi) is 5.14. The second-order valence-corrected chi connectivity index (χ2v) is 7.15. The number of amides is 1. The molecule has 0 aliphatic carbocycles. The number of rotatable bonds is 5. The average molecular weight is 408 g/mol. The maximum Gasteiger partial charge on any atom is 0.261 e. The molecule has 8 heteroatoms. The lowest BCUT2D eigenvalue weighted by atomic mass is 10.2. The van der Waals surface area contributed by atoms with Crippen molar-refractivity contribution >= 4 is 28.4 Å². The predicted octanol–water partition coefficient (Wildman–Crippen LogP) is 2.89. The second kappa shape index (κ2) is 7.89. The van der Waals surface area contributed by atoms with Crippen molar-refractivity contribution in [2.24, 2.45) is 0 Å². The Bertz CT molecular complexity index is 1230. The number of carbonyl (C=O) groups excluding carboxylic acids is 1. The van der Waals surface area contributed by atoms with Gasteiger partial charge in [-0.25, -0.2) is 9.67 Å². The fraction of sp³-hybridized carbons (Fsp3) is 0.143. The smallest absolute Gasteiger partial charge is 0.261 e. The lowest BCUT2D eigenvalue weighted by Gasteiger charge is -2.17. The molecule has 0 fully saturated rings. The van der Waals surface area contributed by atoms with Crippen molar-refractivity contribution in [3.8, 4) is 5.69 Å². The number of halogens is 1. The first-order chi connectivity index (χ1) is 14.0. The highest BCUT2D eigenvalue weighted by Gasteiger charge is 2.14. The summed E-state index contributed by atoms with van der Waals surface area (Å²) >= 11 is 5.94. The Morgan fingerprint density at radius 1 is 1.17 bits per heavy atom. The third kappa shape index (κ3) is 4.05. The van der Waals surface area contributed by atoms with Gasteiger partial charge in [0.1, 0.15) is 6.54 Å². The fourth-order valence-electron chi connectivity index (χ4n) is 3.04. The number of hydrogen-bond donors (Lipinski definition) is 0. The van der Waals surface area contributed by atoms with Crippen LogP contribution >= 0.6 is 11.6 Å². The molecule has 4 aromatic rings. The minimum absolute atomic E-state index is 0.0896. The molecule has 146 valence electrons. The van der Waals surface area contributed by atoms with Crippen molar-refractivity contribution in [3.05, 3.63) is 88.2 Å². The Morgan fingerprint density at radius 3 is 2.76 bits per heavy atom. The normalized spacial score (nSPS) is 11.0. The summed E-state index contributed by atoms with van der Waals surface area (Å²) in [5.74, 6) is -0.199. The predicted molar refractivity (Wildman–Crippen MR) is 111 cm³/mol. The van der Waals surface area contributed by atoms with E-state index in [4.69, 9.17) is 11.6 Å². The topological polar surface area (TPSA) is 73.0 Å². The molecule has 2 heterocycles. The number of aromatic nitrogens is 4. The van der Waals surface area contributed by atoms with Crippen molar-refractivity contribution < 1.29 is 4.79 Å². The second-order valence-electron chi connectivity index (χ2n) is 6.72. The van der Waals surface area contributed by atoms with Crippen LogP contribution in [0.2, 0.25) is 5.02 Å². The van der Waals surface area contributed by atoms with Crippen LogP contribution in [0.25, 0.3) is 16.6 Å². The number of carbonyl (C=O) groups is 1. The van der Waals surface area contributed by atoms with Crippen molar-refractivity contribution in [1.82, 2.24) is 24.2 Å². The first kappa shape index (κ1) is 18.9. The van der Waals surface area contributed by atoms with Crippen LogP contribution in [0.5, 0.6) is 0 Å². The molecular weight excluding hydrogens is 390 g/mol. The van der Waals surface area contributed by atoms with E-state index in [0.29, 0.717) is 22.5 Å². The summed E-state index contributed by atoms with van der Waals surface area (Å²) in [7, 11) is 1.70. The van der Waals surface area contributed by atoms with E-state index in [2.05, 4.69) is 10.1 Å². The Hall–Kier alpha value is -3.45. The Labute approximate surface area is 171 Å². The molecule has 29 heavy (non-hydrogen) atoms. The molecule has 0 bridgehead atoms. The number of likely N-dealkylation sites (N-methyl/N-ethyl adjacent to an activating group) is 1. The first-order valence-corrected chi connectivity index (χ1v) is 9.37. The largest absolute Gasteiger partial charge is 0.340 e. The first-order valence-electron chi connectivity index (χ1n) is 8.99. The van der Waals surface area contributed by atoms with Gasteiger partial charge < -0.3 is 4.90 Å². The number of benzene rings is 2. The van der Waals surface area contributed by atoms with Crippen LogP contribution in [0.4, 0.5) is 0 Å².